The van der Waals surface area contributed by atoms with E-state index in [1.165, 1.54) is 5.56 Å². The molecule has 29 heavy (non-hydrogen) atoms. The van der Waals surface area contributed by atoms with E-state index in [9.17, 15) is 10.1 Å². The van der Waals surface area contributed by atoms with Crippen LogP contribution in [0.2, 0.25) is 0 Å². The molecule has 2 heterocycles. The zero-order chi connectivity index (χ0) is 20.5. The van der Waals surface area contributed by atoms with Crippen LogP contribution in [-0.2, 0) is 4.79 Å². The van der Waals surface area contributed by atoms with Crippen LogP contribution >= 0.6 is 27.7 Å². The number of nitrogens with zero attached hydrogens (tertiary/aromatic N) is 3. The van der Waals surface area contributed by atoms with Crippen molar-refractivity contribution >= 4 is 39.3 Å². The van der Waals surface area contributed by atoms with Gasteiger partial charge >= 0.3 is 0 Å². The zero-order valence-corrected chi connectivity index (χ0v) is 18.6. The summed E-state index contributed by atoms with van der Waals surface area (Å²) in [6.07, 6.45) is 0.251. The van der Waals surface area contributed by atoms with Crippen LogP contribution in [0, 0.1) is 18.3 Å². The molecule has 2 aromatic rings. The van der Waals surface area contributed by atoms with Gasteiger partial charge in [0.1, 0.15) is 5.75 Å². The predicted octanol–water partition coefficient (Wildman–Crippen LogP) is 4.99. The molecule has 0 aromatic heterocycles. The van der Waals surface area contributed by atoms with Crippen LogP contribution in [0.25, 0.3) is 0 Å². The standard InChI is InChI=1S/C22H20BrN3O2S/c1-14-4-3-5-16(8-14)25-12-26-21(27)10-17(19(11-24)22(26)29-13-25)18-9-15(23)6-7-20(18)28-2/h3-9,17H,10,12-13H2,1-2H3. The molecule has 1 unspecified atom stereocenters. The lowest BCUT2D eigenvalue weighted by atomic mass is 9.86. The van der Waals surface area contributed by atoms with Gasteiger partial charge in [-0.3, -0.25) is 9.69 Å². The summed E-state index contributed by atoms with van der Waals surface area (Å²) in [5.41, 5.74) is 3.76. The molecule has 0 aliphatic carbocycles. The molecule has 0 saturated carbocycles. The molecular weight excluding hydrogens is 450 g/mol. The van der Waals surface area contributed by atoms with Gasteiger partial charge in [0.15, 0.2) is 0 Å². The molecular formula is C22H20BrN3O2S. The highest BCUT2D eigenvalue weighted by Crippen LogP contribution is 2.45. The average Bonchev–Trinajstić information content (AvgIpc) is 2.73. The van der Waals surface area contributed by atoms with E-state index in [4.69, 9.17) is 4.74 Å². The molecule has 0 bridgehead atoms. The number of benzene rings is 2. The number of fused-ring (bicyclic) bond motifs is 1. The minimum absolute atomic E-state index is 0.0240. The minimum Gasteiger partial charge on any atom is -0.496 e. The van der Waals surface area contributed by atoms with Crippen molar-refractivity contribution in [3.63, 3.8) is 0 Å². The first-order chi connectivity index (χ1) is 14.0. The number of carbonyl (C=O) groups is 1. The van der Waals surface area contributed by atoms with E-state index in [2.05, 4.69) is 52.0 Å². The number of hydrogen-bond donors (Lipinski definition) is 0. The van der Waals surface area contributed by atoms with E-state index in [-0.39, 0.29) is 18.2 Å². The molecule has 0 spiro atoms. The van der Waals surface area contributed by atoms with Crippen molar-refractivity contribution < 1.29 is 9.53 Å². The van der Waals surface area contributed by atoms with E-state index in [0.717, 1.165) is 20.8 Å². The zero-order valence-electron chi connectivity index (χ0n) is 16.2. The third kappa shape index (κ3) is 3.75. The van der Waals surface area contributed by atoms with Crippen LogP contribution in [0.1, 0.15) is 23.5 Å². The molecule has 4 rings (SSSR count). The topological polar surface area (TPSA) is 56.6 Å². The maximum absolute atomic E-state index is 13.1. The summed E-state index contributed by atoms with van der Waals surface area (Å²) in [7, 11) is 1.61. The predicted molar refractivity (Wildman–Crippen MR) is 119 cm³/mol. The lowest BCUT2D eigenvalue weighted by Crippen LogP contribution is -2.47. The highest BCUT2D eigenvalue weighted by molar-refractivity contribution is 9.10. The van der Waals surface area contributed by atoms with E-state index in [0.29, 0.717) is 23.9 Å². The molecule has 5 nitrogen and oxygen atoms in total. The Morgan fingerprint density at radius 2 is 2.10 bits per heavy atom. The Kier molecular flexibility index (Phi) is 5.57. The van der Waals surface area contributed by atoms with E-state index in [1.54, 1.807) is 23.8 Å². The number of rotatable bonds is 3. The van der Waals surface area contributed by atoms with E-state index in [1.807, 2.05) is 24.3 Å². The normalized spacial score (nSPS) is 19.1. The lowest BCUT2D eigenvalue weighted by molar-refractivity contribution is -0.129. The summed E-state index contributed by atoms with van der Waals surface area (Å²) in [5, 5.41) is 10.7. The molecule has 148 valence electrons. The van der Waals surface area contributed by atoms with Crippen LogP contribution in [0.15, 0.2) is 57.5 Å². The fourth-order valence-electron chi connectivity index (χ4n) is 3.79. The molecule has 0 N–H and O–H groups in total. The monoisotopic (exact) mass is 469 g/mol. The molecule has 1 amide bonds. The molecule has 1 atom stereocenters. The first kappa shape index (κ1) is 19.9. The van der Waals surface area contributed by atoms with Gasteiger partial charge in [-0.15, -0.1) is 0 Å². The number of nitriles is 1. The molecule has 1 saturated heterocycles. The highest BCUT2D eigenvalue weighted by atomic mass is 79.9. The highest BCUT2D eigenvalue weighted by Gasteiger charge is 2.39. The molecule has 2 aliphatic heterocycles. The summed E-state index contributed by atoms with van der Waals surface area (Å²) >= 11 is 5.04. The third-order valence-corrected chi connectivity index (χ3v) is 6.88. The van der Waals surface area contributed by atoms with Crippen molar-refractivity contribution in [2.75, 3.05) is 24.6 Å². The Labute approximate surface area is 183 Å². The van der Waals surface area contributed by atoms with Gasteiger partial charge in [-0.2, -0.15) is 5.26 Å². The number of methoxy groups -OCH3 is 1. The van der Waals surface area contributed by atoms with Crippen molar-refractivity contribution in [1.82, 2.24) is 4.90 Å². The third-order valence-electron chi connectivity index (χ3n) is 5.23. The molecule has 7 heteroatoms. The number of carbonyl (C=O) groups excluding carboxylic acids is 1. The van der Waals surface area contributed by atoms with Crippen LogP contribution < -0.4 is 9.64 Å². The van der Waals surface area contributed by atoms with Crippen molar-refractivity contribution in [3.8, 4) is 11.8 Å². The second-order valence-electron chi connectivity index (χ2n) is 7.09. The van der Waals surface area contributed by atoms with Crippen molar-refractivity contribution in [2.45, 2.75) is 19.3 Å². The summed E-state index contributed by atoms with van der Waals surface area (Å²) < 4.78 is 6.41. The molecule has 2 aromatic carbocycles. The Bertz CT molecular complexity index is 1050. The van der Waals surface area contributed by atoms with Crippen molar-refractivity contribution in [1.29, 1.82) is 5.26 Å². The van der Waals surface area contributed by atoms with E-state index >= 15 is 0 Å². The molecule has 2 aliphatic rings. The first-order valence-corrected chi connectivity index (χ1v) is 11.0. The fraction of sp³-hybridized carbons (Fsp3) is 0.273. The Morgan fingerprint density at radius 3 is 2.83 bits per heavy atom. The van der Waals surface area contributed by atoms with Gasteiger partial charge in [-0.1, -0.05) is 39.8 Å². The largest absolute Gasteiger partial charge is 0.496 e. The second-order valence-corrected chi connectivity index (χ2v) is 8.94. The van der Waals surface area contributed by atoms with Gasteiger partial charge in [0.05, 0.1) is 36.3 Å². The van der Waals surface area contributed by atoms with Gasteiger partial charge in [-0.25, -0.2) is 0 Å². The minimum atomic E-state index is -0.302. The van der Waals surface area contributed by atoms with Crippen LogP contribution in [0.4, 0.5) is 5.69 Å². The van der Waals surface area contributed by atoms with Crippen molar-refractivity contribution in [3.05, 3.63) is 68.7 Å². The van der Waals surface area contributed by atoms with Crippen LogP contribution in [-0.4, -0.2) is 30.5 Å². The number of ether oxygens (including phenoxy) is 1. The number of allylic oxidation sites excluding steroid dienone is 1. The number of aryl methyl sites for hydroxylation is 1. The van der Waals surface area contributed by atoms with Gasteiger partial charge in [-0.05, 0) is 42.8 Å². The smallest absolute Gasteiger partial charge is 0.229 e. The average molecular weight is 470 g/mol. The maximum Gasteiger partial charge on any atom is 0.229 e. The first-order valence-electron chi connectivity index (χ1n) is 9.24. The lowest BCUT2D eigenvalue weighted by Gasteiger charge is -2.42. The van der Waals surface area contributed by atoms with Gasteiger partial charge < -0.3 is 9.64 Å². The molecule has 1 fully saturated rings. The van der Waals surface area contributed by atoms with E-state index < -0.39 is 0 Å². The van der Waals surface area contributed by atoms with Crippen LogP contribution in [0.5, 0.6) is 5.75 Å². The Balaban J connectivity index is 1.71. The summed E-state index contributed by atoms with van der Waals surface area (Å²) in [6.45, 7) is 2.51. The number of anilines is 1. The SMILES string of the molecule is COc1ccc(Br)cc1C1CC(=O)N2CN(c3cccc(C)c3)CSC2=C1C#N. The van der Waals surface area contributed by atoms with Crippen molar-refractivity contribution in [2.24, 2.45) is 0 Å². The Hall–Kier alpha value is -2.43. The Morgan fingerprint density at radius 1 is 1.28 bits per heavy atom. The number of amides is 1. The number of halogens is 1. The maximum atomic E-state index is 13.1. The van der Waals surface area contributed by atoms with Crippen LogP contribution in [0.3, 0.4) is 0 Å². The molecule has 0 radical (unpaired) electrons. The summed E-state index contributed by atoms with van der Waals surface area (Å²) in [5.74, 6) is 1.10. The summed E-state index contributed by atoms with van der Waals surface area (Å²) in [4.78, 5) is 17.0. The number of thioether (sulfide) groups is 1. The van der Waals surface area contributed by atoms with Gasteiger partial charge in [0, 0.05) is 28.1 Å². The fourth-order valence-corrected chi connectivity index (χ4v) is 5.34. The van der Waals surface area contributed by atoms with Gasteiger partial charge in [0.25, 0.3) is 0 Å². The quantitative estimate of drug-likeness (QED) is 0.633. The summed E-state index contributed by atoms with van der Waals surface area (Å²) in [6, 6.07) is 16.3. The second kappa shape index (κ2) is 8.13. The van der Waals surface area contributed by atoms with Gasteiger partial charge in [0.2, 0.25) is 5.91 Å². The number of hydrogen-bond acceptors (Lipinski definition) is 5.